The number of halogens is 3. The first kappa shape index (κ1) is 20.6. The van der Waals surface area contributed by atoms with Crippen molar-refractivity contribution in [3.05, 3.63) is 71.1 Å². The lowest BCUT2D eigenvalue weighted by atomic mass is 10.1. The van der Waals surface area contributed by atoms with Gasteiger partial charge in [-0.1, -0.05) is 0 Å². The van der Waals surface area contributed by atoms with Crippen LogP contribution in [0.2, 0.25) is 0 Å². The van der Waals surface area contributed by atoms with E-state index < -0.39 is 23.8 Å². The van der Waals surface area contributed by atoms with Crippen LogP contribution in [0.1, 0.15) is 40.7 Å². The van der Waals surface area contributed by atoms with E-state index in [1.54, 1.807) is 4.68 Å². The number of aryl methyl sites for hydroxylation is 2. The Hall–Kier alpha value is -3.69. The van der Waals surface area contributed by atoms with Gasteiger partial charge >= 0.3 is 0 Å². The molecule has 0 saturated heterocycles. The Balaban J connectivity index is 1.69. The number of carbonyl (C=O) groups is 1. The lowest BCUT2D eigenvalue weighted by Gasteiger charge is -2.09. The maximum atomic E-state index is 13.7. The van der Waals surface area contributed by atoms with Crippen LogP contribution in [0.5, 0.6) is 0 Å². The zero-order chi connectivity index (χ0) is 22.1. The Morgan fingerprint density at radius 1 is 1.23 bits per heavy atom. The molecule has 0 saturated carbocycles. The van der Waals surface area contributed by atoms with Crippen molar-refractivity contribution < 1.29 is 18.0 Å². The van der Waals surface area contributed by atoms with Crippen LogP contribution in [0.25, 0.3) is 16.9 Å². The molecule has 7 nitrogen and oxygen atoms in total. The largest absolute Gasteiger partial charge is 0.348 e. The summed E-state index contributed by atoms with van der Waals surface area (Å²) < 4.78 is 43.3. The molecule has 0 atom stereocenters. The maximum absolute atomic E-state index is 13.7. The maximum Gasteiger partial charge on any atom is 0.280 e. The minimum atomic E-state index is -2.84. The summed E-state index contributed by atoms with van der Waals surface area (Å²) in [6.07, 6.45) is 0.203. The summed E-state index contributed by atoms with van der Waals surface area (Å²) in [5, 5.41) is 11.0. The molecular formula is C21H19F3N6O. The monoisotopic (exact) mass is 428 g/mol. The van der Waals surface area contributed by atoms with Gasteiger partial charge in [-0.05, 0) is 44.2 Å². The third-order valence-electron chi connectivity index (χ3n) is 4.92. The van der Waals surface area contributed by atoms with Crippen molar-refractivity contribution >= 4 is 11.6 Å². The molecule has 0 radical (unpaired) electrons. The third kappa shape index (κ3) is 4.00. The van der Waals surface area contributed by atoms with Gasteiger partial charge in [-0.2, -0.15) is 10.2 Å². The van der Waals surface area contributed by atoms with E-state index in [-0.39, 0.29) is 23.4 Å². The molecule has 160 valence electrons. The number of fused-ring (bicyclic) bond motifs is 1. The second-order valence-electron chi connectivity index (χ2n) is 6.95. The van der Waals surface area contributed by atoms with E-state index in [4.69, 9.17) is 0 Å². The highest BCUT2D eigenvalue weighted by Crippen LogP contribution is 2.27. The van der Waals surface area contributed by atoms with Crippen LogP contribution in [0, 0.1) is 12.7 Å². The molecule has 3 aromatic heterocycles. The molecule has 0 aliphatic carbocycles. The number of nitrogens with zero attached hydrogens (tertiary/aromatic N) is 5. The smallest absolute Gasteiger partial charge is 0.280 e. The fourth-order valence-electron chi connectivity index (χ4n) is 3.24. The Morgan fingerprint density at radius 2 is 1.97 bits per heavy atom. The molecule has 4 aromatic rings. The van der Waals surface area contributed by atoms with Crippen molar-refractivity contribution in [2.75, 3.05) is 0 Å². The van der Waals surface area contributed by atoms with Crippen LogP contribution in [0.15, 0.2) is 42.7 Å². The summed E-state index contributed by atoms with van der Waals surface area (Å²) in [6.45, 7) is 4.73. The Labute approximate surface area is 175 Å². The molecule has 0 aliphatic rings. The number of nitrogens with one attached hydrogen (secondary N) is 1. The zero-order valence-corrected chi connectivity index (χ0v) is 16.8. The number of hydrogen-bond acceptors (Lipinski definition) is 4. The third-order valence-corrected chi connectivity index (χ3v) is 4.92. The quantitative estimate of drug-likeness (QED) is 0.505. The lowest BCUT2D eigenvalue weighted by molar-refractivity contribution is 0.0952. The average Bonchev–Trinajstić information content (AvgIpc) is 3.34. The van der Waals surface area contributed by atoms with E-state index in [1.807, 2.05) is 20.0 Å². The van der Waals surface area contributed by atoms with Crippen molar-refractivity contribution in [3.8, 4) is 11.3 Å². The molecule has 0 fully saturated rings. The molecular weight excluding hydrogens is 409 g/mol. The van der Waals surface area contributed by atoms with E-state index in [0.29, 0.717) is 12.1 Å². The highest BCUT2D eigenvalue weighted by molar-refractivity contribution is 5.99. The summed E-state index contributed by atoms with van der Waals surface area (Å²) in [6, 6.07) is 6.49. The first-order valence-corrected chi connectivity index (χ1v) is 9.61. The van der Waals surface area contributed by atoms with Crippen LogP contribution >= 0.6 is 0 Å². The minimum Gasteiger partial charge on any atom is -0.348 e. The zero-order valence-electron chi connectivity index (χ0n) is 16.8. The van der Waals surface area contributed by atoms with Gasteiger partial charge in [0, 0.05) is 30.4 Å². The van der Waals surface area contributed by atoms with Crippen molar-refractivity contribution in [2.24, 2.45) is 0 Å². The first-order valence-electron chi connectivity index (χ1n) is 9.61. The molecule has 0 bridgehead atoms. The molecule has 0 spiro atoms. The summed E-state index contributed by atoms with van der Waals surface area (Å²) in [5.41, 5.74) is 1.92. The van der Waals surface area contributed by atoms with Crippen LogP contribution in [0.3, 0.4) is 0 Å². The average molecular weight is 428 g/mol. The predicted octanol–water partition coefficient (Wildman–Crippen LogP) is 3.93. The van der Waals surface area contributed by atoms with E-state index in [2.05, 4.69) is 20.5 Å². The van der Waals surface area contributed by atoms with E-state index in [0.717, 1.165) is 15.8 Å². The SMILES string of the molecule is CCn1cc(CNC(=O)c2cnn3c(C(F)F)cc(-c4ccc(F)cc4)nc23)c(C)n1. The highest BCUT2D eigenvalue weighted by Gasteiger charge is 2.21. The van der Waals surface area contributed by atoms with Gasteiger partial charge in [-0.3, -0.25) is 9.48 Å². The summed E-state index contributed by atoms with van der Waals surface area (Å²) in [4.78, 5) is 17.1. The molecule has 0 unspecified atom stereocenters. The Morgan fingerprint density at radius 3 is 2.61 bits per heavy atom. The van der Waals surface area contributed by atoms with Crippen LogP contribution in [0.4, 0.5) is 13.2 Å². The topological polar surface area (TPSA) is 77.1 Å². The lowest BCUT2D eigenvalue weighted by Crippen LogP contribution is -2.23. The standard InChI is InChI=1S/C21H19F3N6O/c1-3-29-11-14(12(2)28-29)9-25-21(31)16-10-26-30-18(19(23)24)8-17(27-20(16)30)13-4-6-15(22)7-5-13/h4-8,10-11,19H,3,9H2,1-2H3,(H,25,31). The van der Waals surface area contributed by atoms with E-state index >= 15 is 0 Å². The summed E-state index contributed by atoms with van der Waals surface area (Å²) >= 11 is 0. The molecule has 10 heteroatoms. The predicted molar refractivity (Wildman–Crippen MR) is 107 cm³/mol. The summed E-state index contributed by atoms with van der Waals surface area (Å²) in [7, 11) is 0. The molecule has 3 heterocycles. The van der Waals surface area contributed by atoms with Crippen molar-refractivity contribution in [2.45, 2.75) is 33.4 Å². The van der Waals surface area contributed by atoms with Gasteiger partial charge in [-0.15, -0.1) is 0 Å². The van der Waals surface area contributed by atoms with Gasteiger partial charge in [0.2, 0.25) is 0 Å². The Kier molecular flexibility index (Phi) is 5.45. The highest BCUT2D eigenvalue weighted by atomic mass is 19.3. The first-order chi connectivity index (χ1) is 14.9. The van der Waals surface area contributed by atoms with Crippen LogP contribution in [-0.4, -0.2) is 30.3 Å². The van der Waals surface area contributed by atoms with Crippen molar-refractivity contribution in [1.29, 1.82) is 0 Å². The Bertz CT molecular complexity index is 1250. The molecule has 4 rings (SSSR count). The molecule has 0 aliphatic heterocycles. The number of rotatable bonds is 6. The number of benzene rings is 1. The fraction of sp³-hybridized carbons (Fsp3) is 0.238. The summed E-state index contributed by atoms with van der Waals surface area (Å²) in [5.74, 6) is -0.951. The van der Waals surface area contributed by atoms with E-state index in [1.165, 1.54) is 36.5 Å². The molecule has 1 amide bonds. The molecule has 31 heavy (non-hydrogen) atoms. The van der Waals surface area contributed by atoms with Gasteiger partial charge < -0.3 is 5.32 Å². The van der Waals surface area contributed by atoms with Gasteiger partial charge in [0.05, 0.1) is 17.6 Å². The van der Waals surface area contributed by atoms with Crippen molar-refractivity contribution in [3.63, 3.8) is 0 Å². The van der Waals surface area contributed by atoms with Crippen LogP contribution in [-0.2, 0) is 13.1 Å². The number of alkyl halides is 2. The second-order valence-corrected chi connectivity index (χ2v) is 6.95. The number of carbonyl (C=O) groups excluding carboxylic acids is 1. The van der Waals surface area contributed by atoms with Gasteiger partial charge in [0.15, 0.2) is 5.65 Å². The number of amides is 1. The molecule has 1 aromatic carbocycles. The van der Waals surface area contributed by atoms with Gasteiger partial charge in [-0.25, -0.2) is 22.7 Å². The number of aromatic nitrogens is 5. The normalized spacial score (nSPS) is 11.4. The minimum absolute atomic E-state index is 0.00407. The molecule has 1 N–H and O–H groups in total. The van der Waals surface area contributed by atoms with Gasteiger partial charge in [0.25, 0.3) is 12.3 Å². The number of hydrogen-bond donors (Lipinski definition) is 1. The fourth-order valence-corrected chi connectivity index (χ4v) is 3.24. The van der Waals surface area contributed by atoms with E-state index in [9.17, 15) is 18.0 Å². The van der Waals surface area contributed by atoms with Crippen molar-refractivity contribution in [1.82, 2.24) is 29.7 Å². The second kappa shape index (κ2) is 8.21. The van der Waals surface area contributed by atoms with Gasteiger partial charge in [0.1, 0.15) is 17.1 Å². The van der Waals surface area contributed by atoms with Crippen LogP contribution < -0.4 is 5.32 Å².